The highest BCUT2D eigenvalue weighted by molar-refractivity contribution is 7.25. The molecule has 1 heteroatoms. The zero-order valence-electron chi connectivity index (χ0n) is 40.6. The highest BCUT2D eigenvalue weighted by atomic mass is 32.1. The molecule has 0 saturated heterocycles. The van der Waals surface area contributed by atoms with Crippen molar-refractivity contribution in [3.8, 4) is 66.8 Å². The Hall–Kier alpha value is -6.02. The molecule has 0 spiro atoms. The molecule has 326 valence electrons. The van der Waals surface area contributed by atoms with Gasteiger partial charge in [-0.2, -0.15) is 0 Å². The Bertz CT molecular complexity index is 2920. The molecule has 0 bridgehead atoms. The highest BCUT2D eigenvalue weighted by Gasteiger charge is 2.25. The number of fused-ring (bicyclic) bond motifs is 3. The van der Waals surface area contributed by atoms with Gasteiger partial charge in [-0.1, -0.05) is 229 Å². The topological polar surface area (TPSA) is 0 Å². The van der Waals surface area contributed by atoms with Gasteiger partial charge in [-0.05, 0) is 135 Å². The molecule has 9 rings (SSSR count). The maximum Gasteiger partial charge on any atom is 0.0355 e. The lowest BCUT2D eigenvalue weighted by atomic mass is 9.77. The van der Waals surface area contributed by atoms with Gasteiger partial charge >= 0.3 is 0 Å². The van der Waals surface area contributed by atoms with Crippen LogP contribution in [0, 0.1) is 0 Å². The lowest BCUT2D eigenvalue weighted by Gasteiger charge is -2.27. The van der Waals surface area contributed by atoms with Crippen LogP contribution in [0.2, 0.25) is 0 Å². The van der Waals surface area contributed by atoms with E-state index in [4.69, 9.17) is 0 Å². The summed E-state index contributed by atoms with van der Waals surface area (Å²) in [6.07, 6.45) is 0. The summed E-state index contributed by atoms with van der Waals surface area (Å²) < 4.78 is 2.60. The number of hydrogen-bond acceptors (Lipinski definition) is 1. The summed E-state index contributed by atoms with van der Waals surface area (Å²) in [5.74, 6) is 0. The van der Waals surface area contributed by atoms with Gasteiger partial charge in [-0.3, -0.25) is 0 Å². The number of thiophene rings is 1. The van der Waals surface area contributed by atoms with E-state index in [-0.39, 0.29) is 21.7 Å². The van der Waals surface area contributed by atoms with Crippen molar-refractivity contribution in [2.24, 2.45) is 0 Å². The van der Waals surface area contributed by atoms with Gasteiger partial charge in [0.05, 0.1) is 0 Å². The monoisotopic (exact) mass is 864 g/mol. The molecular formula is C64H64S. The minimum atomic E-state index is 0.00267. The van der Waals surface area contributed by atoms with Gasteiger partial charge in [0.15, 0.2) is 0 Å². The molecule has 0 N–H and O–H groups in total. The Balaban J connectivity index is 1.30. The van der Waals surface area contributed by atoms with Crippen LogP contribution in [-0.4, -0.2) is 0 Å². The van der Waals surface area contributed by atoms with E-state index < -0.39 is 0 Å². The predicted molar refractivity (Wildman–Crippen MR) is 287 cm³/mol. The van der Waals surface area contributed by atoms with Crippen molar-refractivity contribution in [1.29, 1.82) is 0 Å². The molecule has 0 nitrogen and oxygen atoms in total. The average Bonchev–Trinajstić information content (AvgIpc) is 3.65. The van der Waals surface area contributed by atoms with Crippen LogP contribution in [0.4, 0.5) is 0 Å². The Morgan fingerprint density at radius 1 is 0.262 bits per heavy atom. The van der Waals surface area contributed by atoms with E-state index in [0.29, 0.717) is 0 Å². The van der Waals surface area contributed by atoms with Crippen LogP contribution >= 0.6 is 11.3 Å². The third-order valence-electron chi connectivity index (χ3n) is 13.3. The maximum atomic E-state index is 2.48. The van der Waals surface area contributed by atoms with Crippen LogP contribution in [0.1, 0.15) is 105 Å². The largest absolute Gasteiger partial charge is 0.135 e. The second-order valence-electron chi connectivity index (χ2n) is 22.3. The van der Waals surface area contributed by atoms with E-state index in [1.165, 1.54) is 109 Å². The fraction of sp³-hybridized carbons (Fsp3) is 0.250. The van der Waals surface area contributed by atoms with Gasteiger partial charge < -0.3 is 0 Å². The number of benzene rings is 8. The van der Waals surface area contributed by atoms with Crippen LogP contribution in [0.15, 0.2) is 170 Å². The van der Waals surface area contributed by atoms with Gasteiger partial charge in [0.1, 0.15) is 0 Å². The smallest absolute Gasteiger partial charge is 0.0355 e. The molecule has 65 heavy (non-hydrogen) atoms. The third-order valence-corrected chi connectivity index (χ3v) is 14.4. The molecule has 9 aromatic rings. The van der Waals surface area contributed by atoms with Crippen LogP contribution in [0.5, 0.6) is 0 Å². The van der Waals surface area contributed by atoms with E-state index >= 15 is 0 Å². The second-order valence-corrected chi connectivity index (χ2v) is 23.4. The molecule has 0 atom stereocenters. The molecule has 0 saturated carbocycles. The van der Waals surface area contributed by atoms with E-state index in [2.05, 4.69) is 253 Å². The maximum absolute atomic E-state index is 2.48. The summed E-state index contributed by atoms with van der Waals surface area (Å²) in [7, 11) is 0. The van der Waals surface area contributed by atoms with Crippen LogP contribution < -0.4 is 0 Å². The van der Waals surface area contributed by atoms with E-state index in [9.17, 15) is 0 Å². The van der Waals surface area contributed by atoms with Crippen molar-refractivity contribution < 1.29 is 0 Å². The molecule has 1 heterocycles. The number of rotatable bonds is 6. The molecule has 0 aliphatic heterocycles. The average molecular weight is 865 g/mol. The first kappa shape index (κ1) is 44.2. The van der Waals surface area contributed by atoms with Crippen molar-refractivity contribution in [3.05, 3.63) is 192 Å². The van der Waals surface area contributed by atoms with Crippen molar-refractivity contribution in [2.45, 2.75) is 105 Å². The van der Waals surface area contributed by atoms with Crippen molar-refractivity contribution in [1.82, 2.24) is 0 Å². The Morgan fingerprint density at radius 3 is 0.877 bits per heavy atom. The van der Waals surface area contributed by atoms with Crippen molar-refractivity contribution in [3.63, 3.8) is 0 Å². The summed E-state index contributed by atoms with van der Waals surface area (Å²) in [5, 5.41) is 2.58. The van der Waals surface area contributed by atoms with Gasteiger partial charge in [0.25, 0.3) is 0 Å². The fourth-order valence-electron chi connectivity index (χ4n) is 9.31. The standard InChI is InChI=1S/C64H64S/c1-61(2,3)47-33-45(34-48(39-47)62(4,5)6)53-27-19-25-51(41-21-15-13-16-22-41)59(53)43-29-31-57-55(37-43)56-38-44(30-32-58(56)65-57)60-52(42-23-17-14-18-24-42)26-20-28-54(60)46-35-49(63(7,8)9)40-50(36-46)64(10,11)12/h13-40H,1-12H3. The van der Waals surface area contributed by atoms with Crippen LogP contribution in [0.3, 0.4) is 0 Å². The quantitative estimate of drug-likeness (QED) is 0.156. The van der Waals surface area contributed by atoms with Gasteiger partial charge in [0, 0.05) is 20.2 Å². The first-order chi connectivity index (χ1) is 30.7. The minimum Gasteiger partial charge on any atom is -0.135 e. The van der Waals surface area contributed by atoms with E-state index in [1.807, 2.05) is 11.3 Å². The zero-order chi connectivity index (χ0) is 46.1. The normalized spacial score (nSPS) is 12.6. The minimum absolute atomic E-state index is 0.00267. The molecule has 0 aliphatic rings. The molecular weight excluding hydrogens is 801 g/mol. The molecule has 8 aromatic carbocycles. The first-order valence-corrected chi connectivity index (χ1v) is 24.2. The summed E-state index contributed by atoms with van der Waals surface area (Å²) in [4.78, 5) is 0. The lowest BCUT2D eigenvalue weighted by molar-refractivity contribution is 0.568. The molecule has 1 aromatic heterocycles. The third kappa shape index (κ3) is 8.76. The summed E-state index contributed by atoms with van der Waals surface area (Å²) in [5.41, 5.74) is 20.4. The van der Waals surface area contributed by atoms with Crippen molar-refractivity contribution >= 4 is 31.5 Å². The molecule has 0 radical (unpaired) electrons. The summed E-state index contributed by atoms with van der Waals surface area (Å²) in [6.45, 7) is 28.0. The first-order valence-electron chi connectivity index (χ1n) is 23.4. The summed E-state index contributed by atoms with van der Waals surface area (Å²) in [6, 6.07) is 64.7. The predicted octanol–water partition coefficient (Wildman–Crippen LogP) is 19.2. The van der Waals surface area contributed by atoms with Gasteiger partial charge in [-0.25, -0.2) is 0 Å². The number of hydrogen-bond donors (Lipinski definition) is 0. The van der Waals surface area contributed by atoms with Crippen LogP contribution in [0.25, 0.3) is 86.9 Å². The molecule has 0 amide bonds. The molecule has 0 aliphatic carbocycles. The van der Waals surface area contributed by atoms with Crippen molar-refractivity contribution in [2.75, 3.05) is 0 Å². The molecule has 0 fully saturated rings. The fourth-order valence-corrected chi connectivity index (χ4v) is 10.4. The van der Waals surface area contributed by atoms with Gasteiger partial charge in [-0.15, -0.1) is 11.3 Å². The Kier molecular flexibility index (Phi) is 11.2. The molecule has 0 unspecified atom stereocenters. The van der Waals surface area contributed by atoms with Gasteiger partial charge in [0.2, 0.25) is 0 Å². The second kappa shape index (κ2) is 16.4. The highest BCUT2D eigenvalue weighted by Crippen LogP contribution is 2.48. The Labute approximate surface area is 393 Å². The van der Waals surface area contributed by atoms with E-state index in [0.717, 1.165) is 0 Å². The van der Waals surface area contributed by atoms with E-state index in [1.54, 1.807) is 0 Å². The zero-order valence-corrected chi connectivity index (χ0v) is 41.4. The Morgan fingerprint density at radius 2 is 0.569 bits per heavy atom. The lowest BCUT2D eigenvalue weighted by Crippen LogP contribution is -2.16. The summed E-state index contributed by atoms with van der Waals surface area (Å²) >= 11 is 1.89. The SMILES string of the molecule is CC(C)(C)c1cc(-c2cccc(-c3ccccc3)c2-c2ccc3sc4ccc(-c5c(-c6ccccc6)cccc5-c5cc(C(C)(C)C)cc(C(C)(C)C)c5)cc4c3c2)cc(C(C)(C)C)c1. The van der Waals surface area contributed by atoms with Crippen LogP contribution in [-0.2, 0) is 21.7 Å².